The van der Waals surface area contributed by atoms with Gasteiger partial charge in [-0.05, 0) is 29.8 Å². The summed E-state index contributed by atoms with van der Waals surface area (Å²) in [6, 6.07) is 9.48. The zero-order chi connectivity index (χ0) is 14.9. The highest BCUT2D eigenvalue weighted by atomic mass is 19.1. The maximum Gasteiger partial charge on any atom is 0.315 e. The van der Waals surface area contributed by atoms with Crippen LogP contribution in [0.4, 0.5) is 9.18 Å². The molecule has 0 unspecified atom stereocenters. The Morgan fingerprint density at radius 2 is 1.90 bits per heavy atom. The smallest absolute Gasteiger partial charge is 0.315 e. The second-order valence-electron chi connectivity index (χ2n) is 4.24. The lowest BCUT2D eigenvalue weighted by molar-refractivity contribution is 0.235. The van der Waals surface area contributed by atoms with Crippen LogP contribution in [-0.4, -0.2) is 24.2 Å². The molecule has 21 heavy (non-hydrogen) atoms. The molecule has 1 aromatic carbocycles. The molecule has 0 atom stereocenters. The van der Waals surface area contributed by atoms with E-state index in [2.05, 4.69) is 15.6 Å². The number of benzene rings is 1. The third-order valence-electron chi connectivity index (χ3n) is 2.68. The van der Waals surface area contributed by atoms with Gasteiger partial charge in [-0.15, -0.1) is 0 Å². The van der Waals surface area contributed by atoms with Crippen LogP contribution in [0.1, 0.15) is 5.56 Å². The van der Waals surface area contributed by atoms with E-state index < -0.39 is 5.82 Å². The van der Waals surface area contributed by atoms with Crippen LogP contribution in [0.5, 0.6) is 5.75 Å². The van der Waals surface area contributed by atoms with Gasteiger partial charge in [0.1, 0.15) is 6.61 Å². The average molecular weight is 289 g/mol. The Hall–Kier alpha value is -2.63. The molecule has 0 aliphatic heterocycles. The number of carbonyl (C=O) groups is 1. The van der Waals surface area contributed by atoms with Crippen molar-refractivity contribution in [2.75, 3.05) is 13.2 Å². The summed E-state index contributed by atoms with van der Waals surface area (Å²) in [5.74, 6) is -0.240. The van der Waals surface area contributed by atoms with Crippen LogP contribution in [0.2, 0.25) is 0 Å². The van der Waals surface area contributed by atoms with Gasteiger partial charge in [0.15, 0.2) is 11.6 Å². The second-order valence-corrected chi connectivity index (χ2v) is 4.24. The summed E-state index contributed by atoms with van der Waals surface area (Å²) >= 11 is 0. The maximum atomic E-state index is 13.3. The van der Waals surface area contributed by atoms with Gasteiger partial charge >= 0.3 is 6.03 Å². The van der Waals surface area contributed by atoms with Crippen molar-refractivity contribution in [3.8, 4) is 5.75 Å². The lowest BCUT2D eigenvalue weighted by Gasteiger charge is -2.09. The molecular weight excluding hydrogens is 273 g/mol. The Labute approximate surface area is 122 Å². The summed E-state index contributed by atoms with van der Waals surface area (Å²) in [6.45, 7) is 0.905. The number of urea groups is 1. The fraction of sp³-hybridized carbons (Fsp3) is 0.200. The first kappa shape index (κ1) is 14.8. The number of nitrogens with one attached hydrogen (secondary N) is 2. The number of para-hydroxylation sites is 1. The van der Waals surface area contributed by atoms with E-state index in [4.69, 9.17) is 4.74 Å². The average Bonchev–Trinajstić information content (AvgIpc) is 2.52. The first-order valence-electron chi connectivity index (χ1n) is 6.53. The Kier molecular flexibility index (Phi) is 5.51. The zero-order valence-electron chi connectivity index (χ0n) is 11.4. The topological polar surface area (TPSA) is 63.2 Å². The van der Waals surface area contributed by atoms with Gasteiger partial charge in [-0.2, -0.15) is 0 Å². The summed E-state index contributed by atoms with van der Waals surface area (Å²) in [7, 11) is 0. The van der Waals surface area contributed by atoms with Crippen molar-refractivity contribution >= 4 is 6.03 Å². The van der Waals surface area contributed by atoms with Crippen molar-refractivity contribution in [1.29, 1.82) is 0 Å². The molecule has 0 saturated carbocycles. The summed E-state index contributed by atoms with van der Waals surface area (Å²) in [5, 5.41) is 5.33. The van der Waals surface area contributed by atoms with Gasteiger partial charge in [-0.3, -0.25) is 4.98 Å². The Morgan fingerprint density at radius 1 is 1.14 bits per heavy atom. The van der Waals surface area contributed by atoms with E-state index in [0.717, 1.165) is 5.56 Å². The van der Waals surface area contributed by atoms with E-state index in [1.54, 1.807) is 30.6 Å². The largest absolute Gasteiger partial charge is 0.489 e. The number of hydrogen-bond acceptors (Lipinski definition) is 3. The molecule has 0 aliphatic carbocycles. The third-order valence-corrected chi connectivity index (χ3v) is 2.68. The van der Waals surface area contributed by atoms with Crippen LogP contribution in [0.15, 0.2) is 48.8 Å². The fourth-order valence-electron chi connectivity index (χ4n) is 1.63. The van der Waals surface area contributed by atoms with Crippen molar-refractivity contribution in [2.24, 2.45) is 0 Å². The van der Waals surface area contributed by atoms with Gasteiger partial charge in [0.2, 0.25) is 0 Å². The van der Waals surface area contributed by atoms with E-state index in [1.165, 1.54) is 6.07 Å². The molecule has 110 valence electrons. The molecule has 1 aromatic heterocycles. The normalized spacial score (nSPS) is 9.95. The molecule has 2 rings (SSSR count). The SMILES string of the molecule is O=C(NCCOc1ccccc1F)NCc1ccncc1. The van der Waals surface area contributed by atoms with Gasteiger partial charge in [-0.25, -0.2) is 9.18 Å². The quantitative estimate of drug-likeness (QED) is 0.800. The molecule has 0 spiro atoms. The Balaban J connectivity index is 1.62. The molecule has 0 bridgehead atoms. The van der Waals surface area contributed by atoms with Crippen molar-refractivity contribution in [3.05, 3.63) is 60.2 Å². The second kappa shape index (κ2) is 7.84. The van der Waals surface area contributed by atoms with Crippen LogP contribution in [0.3, 0.4) is 0 Å². The van der Waals surface area contributed by atoms with Crippen LogP contribution in [0.25, 0.3) is 0 Å². The highest BCUT2D eigenvalue weighted by molar-refractivity contribution is 5.73. The fourth-order valence-corrected chi connectivity index (χ4v) is 1.63. The van der Waals surface area contributed by atoms with E-state index in [0.29, 0.717) is 6.54 Å². The van der Waals surface area contributed by atoms with Crippen molar-refractivity contribution in [1.82, 2.24) is 15.6 Å². The van der Waals surface area contributed by atoms with Crippen LogP contribution in [0, 0.1) is 5.82 Å². The van der Waals surface area contributed by atoms with Crippen molar-refractivity contribution in [3.63, 3.8) is 0 Å². The minimum Gasteiger partial charge on any atom is -0.489 e. The molecule has 0 radical (unpaired) electrons. The Bertz CT molecular complexity index is 578. The van der Waals surface area contributed by atoms with Gasteiger partial charge < -0.3 is 15.4 Å². The molecule has 2 aromatic rings. The lowest BCUT2D eigenvalue weighted by atomic mass is 10.3. The third kappa shape index (κ3) is 5.10. The first-order valence-corrected chi connectivity index (χ1v) is 6.53. The number of hydrogen-bond donors (Lipinski definition) is 2. The summed E-state index contributed by atoms with van der Waals surface area (Å²) in [6.07, 6.45) is 3.33. The molecule has 5 nitrogen and oxygen atoms in total. The highest BCUT2D eigenvalue weighted by Crippen LogP contribution is 2.14. The number of halogens is 1. The number of amides is 2. The molecular formula is C15H16FN3O2. The lowest BCUT2D eigenvalue weighted by Crippen LogP contribution is -2.37. The minimum absolute atomic E-state index is 0.177. The molecule has 0 saturated heterocycles. The van der Waals surface area contributed by atoms with Gasteiger partial charge in [-0.1, -0.05) is 12.1 Å². The number of nitrogens with zero attached hydrogens (tertiary/aromatic N) is 1. The Morgan fingerprint density at radius 3 is 2.67 bits per heavy atom. The van der Waals surface area contributed by atoms with Gasteiger partial charge in [0.05, 0.1) is 6.54 Å². The van der Waals surface area contributed by atoms with Crippen LogP contribution in [-0.2, 0) is 6.54 Å². The van der Waals surface area contributed by atoms with E-state index in [-0.39, 0.29) is 24.9 Å². The molecule has 0 aliphatic rings. The predicted molar refractivity (Wildman–Crippen MR) is 76.4 cm³/mol. The predicted octanol–water partition coefficient (Wildman–Crippen LogP) is 2.10. The van der Waals surface area contributed by atoms with Crippen molar-refractivity contribution in [2.45, 2.75) is 6.54 Å². The summed E-state index contributed by atoms with van der Waals surface area (Å²) < 4.78 is 18.5. The highest BCUT2D eigenvalue weighted by Gasteiger charge is 2.02. The molecule has 0 fully saturated rings. The van der Waals surface area contributed by atoms with E-state index in [1.807, 2.05) is 12.1 Å². The molecule has 1 heterocycles. The first-order chi connectivity index (χ1) is 10.3. The minimum atomic E-state index is -0.417. The molecule has 2 amide bonds. The van der Waals surface area contributed by atoms with Crippen LogP contribution < -0.4 is 15.4 Å². The zero-order valence-corrected chi connectivity index (χ0v) is 11.4. The molecule has 2 N–H and O–H groups in total. The standard InChI is InChI=1S/C15H16FN3O2/c16-13-3-1-2-4-14(13)21-10-9-18-15(20)19-11-12-5-7-17-8-6-12/h1-8H,9-11H2,(H2,18,19,20). The number of ether oxygens (including phenoxy) is 1. The number of rotatable bonds is 6. The number of pyridine rings is 1. The van der Waals surface area contributed by atoms with E-state index in [9.17, 15) is 9.18 Å². The number of aromatic nitrogens is 1. The maximum absolute atomic E-state index is 13.3. The summed E-state index contributed by atoms with van der Waals surface area (Å²) in [4.78, 5) is 15.4. The van der Waals surface area contributed by atoms with Gasteiger partial charge in [0, 0.05) is 18.9 Å². The summed E-state index contributed by atoms with van der Waals surface area (Å²) in [5.41, 5.74) is 0.961. The van der Waals surface area contributed by atoms with Gasteiger partial charge in [0.25, 0.3) is 0 Å². The van der Waals surface area contributed by atoms with E-state index >= 15 is 0 Å². The van der Waals surface area contributed by atoms with Crippen LogP contribution >= 0.6 is 0 Å². The number of carbonyl (C=O) groups excluding carboxylic acids is 1. The monoisotopic (exact) mass is 289 g/mol. The molecule has 6 heteroatoms. The van der Waals surface area contributed by atoms with Crippen molar-refractivity contribution < 1.29 is 13.9 Å².